The zero-order chi connectivity index (χ0) is 8.41. The molecular weight excluding hydrogens is 304 g/mol. The molecule has 0 aromatic heterocycles. The van der Waals surface area contributed by atoms with Gasteiger partial charge < -0.3 is 27.3 Å². The van der Waals surface area contributed by atoms with E-state index in [-0.39, 0.29) is 19.5 Å². The fourth-order valence-electron chi connectivity index (χ4n) is 0.491. The van der Waals surface area contributed by atoms with E-state index >= 15 is 0 Å². The van der Waals surface area contributed by atoms with Gasteiger partial charge in [0.2, 0.25) is 0 Å². The first-order valence-corrected chi connectivity index (χ1v) is 4.75. The maximum absolute atomic E-state index is 5.14. The molecular formula is C8H15IOZn. The van der Waals surface area contributed by atoms with Gasteiger partial charge in [-0.1, -0.05) is 19.1 Å². The third-order valence-corrected chi connectivity index (χ3v) is 0.906. The van der Waals surface area contributed by atoms with Gasteiger partial charge in [0.15, 0.2) is 0 Å². The van der Waals surface area contributed by atoms with Gasteiger partial charge in [-0.05, 0) is 6.92 Å². The maximum Gasteiger partial charge on any atom is 2.00 e. The Hall–Kier alpha value is 0.763. The second-order valence-electron chi connectivity index (χ2n) is 1.46. The fourth-order valence-corrected chi connectivity index (χ4v) is 0.491. The quantitative estimate of drug-likeness (QED) is 0.335. The monoisotopic (exact) mass is 318 g/mol. The van der Waals surface area contributed by atoms with Crippen LogP contribution in [-0.2, 0) is 24.2 Å². The molecule has 0 unspecified atom stereocenters. The number of hydrogen-bond acceptors (Lipinski definition) is 1. The second-order valence-corrected chi connectivity index (χ2v) is 1.46. The Kier molecular flexibility index (Phi) is 27.5. The normalized spacial score (nSPS) is 8.91. The van der Waals surface area contributed by atoms with Gasteiger partial charge >= 0.3 is 19.5 Å². The van der Waals surface area contributed by atoms with Crippen molar-refractivity contribution in [3.63, 3.8) is 0 Å². The van der Waals surface area contributed by atoms with Gasteiger partial charge in [0.25, 0.3) is 0 Å². The predicted molar refractivity (Wildman–Crippen MR) is 54.7 cm³/mol. The molecule has 0 saturated heterocycles. The van der Waals surface area contributed by atoms with E-state index in [1.807, 2.05) is 36.4 Å². The van der Waals surface area contributed by atoms with E-state index in [2.05, 4.69) is 11.9 Å². The molecule has 0 rings (SSSR count). The Bertz CT molecular complexity index is 84.2. The van der Waals surface area contributed by atoms with Crippen LogP contribution in [0.3, 0.4) is 0 Å². The molecule has 0 heterocycles. The number of ether oxygens (including phenoxy) is 1. The summed E-state index contributed by atoms with van der Waals surface area (Å²) >= 11 is 1.90. The van der Waals surface area contributed by atoms with Gasteiger partial charge in [-0.15, -0.1) is 0 Å². The van der Waals surface area contributed by atoms with Crippen molar-refractivity contribution in [1.29, 1.82) is 0 Å². The van der Waals surface area contributed by atoms with Crippen LogP contribution in [0, 0.1) is 11.9 Å². The zero-order valence-corrected chi connectivity index (χ0v) is 12.5. The summed E-state index contributed by atoms with van der Waals surface area (Å²) in [7, 11) is 0. The third-order valence-electron chi connectivity index (χ3n) is 0.906. The van der Waals surface area contributed by atoms with E-state index in [1.54, 1.807) is 6.08 Å². The Morgan fingerprint density at radius 2 is 1.91 bits per heavy atom. The van der Waals surface area contributed by atoms with Gasteiger partial charge in [0.1, 0.15) is 0 Å². The Morgan fingerprint density at radius 3 is 2.00 bits per heavy atom. The number of hydrogen-bond donors (Lipinski definition) is 0. The van der Waals surface area contributed by atoms with Crippen molar-refractivity contribution in [3.05, 3.63) is 23.7 Å². The molecule has 11 heavy (non-hydrogen) atoms. The largest absolute Gasteiger partial charge is 2.00 e. The molecule has 0 saturated carbocycles. The summed E-state index contributed by atoms with van der Waals surface area (Å²) < 4.78 is 5.14. The molecule has 0 fully saturated rings. The Balaban J connectivity index is -0.000000196. The van der Waals surface area contributed by atoms with Crippen molar-refractivity contribution in [1.82, 2.24) is 0 Å². The van der Waals surface area contributed by atoms with Gasteiger partial charge in [-0.25, -0.2) is 6.92 Å². The van der Waals surface area contributed by atoms with Crippen LogP contribution in [0.4, 0.5) is 0 Å². The average Bonchev–Trinajstić information content (AvgIpc) is 2.04. The summed E-state index contributed by atoms with van der Waals surface area (Å²) in [5.74, 6) is 0.979. The number of rotatable bonds is 3. The first kappa shape index (κ1) is 17.7. The molecule has 0 bridgehead atoms. The molecule has 62 valence electrons. The van der Waals surface area contributed by atoms with Crippen LogP contribution in [0.15, 0.2) is 11.8 Å². The molecule has 0 aromatic rings. The molecule has 0 amide bonds. The van der Waals surface area contributed by atoms with Crippen LogP contribution in [-0.4, -0.2) is 6.61 Å². The van der Waals surface area contributed by atoms with Gasteiger partial charge in [0.05, 0.1) is 6.61 Å². The molecule has 0 atom stereocenters. The van der Waals surface area contributed by atoms with Gasteiger partial charge in [0, 0.05) is 0 Å². The first-order valence-electron chi connectivity index (χ1n) is 3.22. The molecule has 0 aliphatic heterocycles. The first-order chi connectivity index (χ1) is 4.85. The summed E-state index contributed by atoms with van der Waals surface area (Å²) in [5, 5.41) is 0. The fraction of sp³-hybridized carbons (Fsp3) is 0.500. The van der Waals surface area contributed by atoms with E-state index in [9.17, 15) is 0 Å². The number of halogens is 1. The maximum atomic E-state index is 5.14. The van der Waals surface area contributed by atoms with E-state index in [0.717, 1.165) is 18.8 Å². The van der Waals surface area contributed by atoms with Gasteiger partial charge in [-0.2, -0.15) is 6.08 Å². The van der Waals surface area contributed by atoms with Crippen LogP contribution in [0.25, 0.3) is 0 Å². The SMILES string of the molecule is [CH2-]/C=C(\CC)OCC.[CH2-]I.[Zn+2]. The van der Waals surface area contributed by atoms with Crippen LogP contribution in [0.5, 0.6) is 0 Å². The summed E-state index contributed by atoms with van der Waals surface area (Å²) in [6.07, 6.45) is 2.70. The average molecular weight is 320 g/mol. The van der Waals surface area contributed by atoms with Crippen molar-refractivity contribution in [2.75, 3.05) is 6.61 Å². The van der Waals surface area contributed by atoms with Crippen LogP contribution < -0.4 is 0 Å². The molecule has 1 nitrogen and oxygen atoms in total. The van der Waals surface area contributed by atoms with Crippen LogP contribution in [0.2, 0.25) is 0 Å². The second kappa shape index (κ2) is 17.0. The minimum atomic E-state index is 0. The van der Waals surface area contributed by atoms with Crippen molar-refractivity contribution in [3.8, 4) is 0 Å². The van der Waals surface area contributed by atoms with E-state index in [4.69, 9.17) is 4.74 Å². The van der Waals surface area contributed by atoms with E-state index in [1.165, 1.54) is 0 Å². The summed E-state index contributed by atoms with van der Waals surface area (Å²) in [4.78, 5) is 3.22. The summed E-state index contributed by atoms with van der Waals surface area (Å²) in [6, 6.07) is 0. The molecule has 0 radical (unpaired) electrons. The Labute approximate surface area is 96.9 Å². The van der Waals surface area contributed by atoms with Crippen molar-refractivity contribution < 1.29 is 24.2 Å². The van der Waals surface area contributed by atoms with Crippen molar-refractivity contribution in [2.45, 2.75) is 20.3 Å². The molecule has 3 heteroatoms. The molecule has 0 aliphatic carbocycles. The summed E-state index contributed by atoms with van der Waals surface area (Å²) in [5.41, 5.74) is 0. The van der Waals surface area contributed by atoms with Crippen LogP contribution >= 0.6 is 22.6 Å². The van der Waals surface area contributed by atoms with Crippen LogP contribution in [0.1, 0.15) is 20.3 Å². The molecule has 0 aliphatic rings. The van der Waals surface area contributed by atoms with Gasteiger partial charge in [-0.3, -0.25) is 4.93 Å². The predicted octanol–water partition coefficient (Wildman–Crippen LogP) is 3.36. The van der Waals surface area contributed by atoms with Crippen molar-refractivity contribution >= 4 is 22.6 Å². The summed E-state index contributed by atoms with van der Waals surface area (Å²) in [6.45, 7) is 8.35. The minimum Gasteiger partial charge on any atom is -0.583 e. The van der Waals surface area contributed by atoms with E-state index in [0.29, 0.717) is 0 Å². The van der Waals surface area contributed by atoms with Crippen molar-refractivity contribution in [2.24, 2.45) is 0 Å². The minimum absolute atomic E-state index is 0. The smallest absolute Gasteiger partial charge is 0.583 e. The molecule has 0 spiro atoms. The third kappa shape index (κ3) is 13.7. The van der Waals surface area contributed by atoms with E-state index < -0.39 is 0 Å². The standard InChI is InChI=1S/C7H13O.CH2I.Zn/c1-4-7(5-2)8-6-3;1-2;/h4H,1,5-6H2,2-3H3;1H2;/q2*-1;+2/b7-4+;;. The zero-order valence-electron chi connectivity index (χ0n) is 7.40. The molecule has 0 N–H and O–H groups in total. The molecule has 0 aromatic carbocycles. The topological polar surface area (TPSA) is 9.23 Å². The Morgan fingerprint density at radius 1 is 1.45 bits per heavy atom. The number of allylic oxidation sites excluding steroid dienone is 2.